The third-order valence-electron chi connectivity index (χ3n) is 7.00. The molecule has 2 aromatic carbocycles. The average molecular weight is 593 g/mol. The second-order valence-corrected chi connectivity index (χ2v) is 10.4. The van der Waals surface area contributed by atoms with Gasteiger partial charge in [0.1, 0.15) is 12.4 Å². The molecule has 0 saturated heterocycles. The van der Waals surface area contributed by atoms with Gasteiger partial charge >= 0.3 is 6.18 Å². The maximum atomic E-state index is 14.6. The third kappa shape index (κ3) is 6.27. The van der Waals surface area contributed by atoms with E-state index < -0.39 is 47.4 Å². The lowest BCUT2D eigenvalue weighted by atomic mass is 9.82. The molecule has 1 amide bonds. The highest BCUT2D eigenvalue weighted by atomic mass is 19.4. The van der Waals surface area contributed by atoms with Crippen LogP contribution in [0.2, 0.25) is 0 Å². The zero-order chi connectivity index (χ0) is 30.9. The van der Waals surface area contributed by atoms with Crippen LogP contribution in [0.15, 0.2) is 48.5 Å². The van der Waals surface area contributed by atoms with E-state index in [4.69, 9.17) is 15.2 Å². The Balaban J connectivity index is 1.72. The van der Waals surface area contributed by atoms with Gasteiger partial charge in [0.25, 0.3) is 5.91 Å². The van der Waals surface area contributed by atoms with E-state index in [1.54, 1.807) is 6.92 Å². The van der Waals surface area contributed by atoms with Crippen LogP contribution in [0.1, 0.15) is 41.9 Å². The zero-order valence-electron chi connectivity index (χ0n) is 23.2. The van der Waals surface area contributed by atoms with Gasteiger partial charge in [-0.05, 0) is 74.4 Å². The Kier molecular flexibility index (Phi) is 8.67. The number of hydrogen-bond acceptors (Lipinski definition) is 8. The molecule has 1 aliphatic heterocycles. The van der Waals surface area contributed by atoms with Crippen LogP contribution >= 0.6 is 0 Å². The van der Waals surface area contributed by atoms with Crippen molar-refractivity contribution in [3.8, 4) is 22.8 Å². The van der Waals surface area contributed by atoms with Gasteiger partial charge in [-0.25, -0.2) is 9.37 Å². The first-order chi connectivity index (χ1) is 19.7. The minimum absolute atomic E-state index is 0.0467. The number of aliphatic hydroxyl groups excluding tert-OH is 1. The summed E-state index contributed by atoms with van der Waals surface area (Å²) in [5.74, 6) is -1.15. The standard InChI is InChI=1S/C29H32F4N4O5/c1-16(38)14-42-21-9-6-18(12-22(21)41-3)26(39)36-15-28(40,29(31,32)33)23-13-20-25(35-11-10-27(20,2)34)24(37-23)17-4-7-19(30)8-5-17/h4-9,12-13,16,35,38,40H,10-11,14-15,34H2,1-3H3,(H,36,39)/t16-,27+,28+/m1/s1. The number of carbonyl (C=O) groups is 1. The summed E-state index contributed by atoms with van der Waals surface area (Å²) in [7, 11) is 1.31. The van der Waals surface area contributed by atoms with Crippen molar-refractivity contribution >= 4 is 11.6 Å². The highest BCUT2D eigenvalue weighted by Crippen LogP contribution is 2.44. The molecule has 6 N–H and O–H groups in total. The largest absolute Gasteiger partial charge is 0.493 e. The lowest BCUT2D eigenvalue weighted by Gasteiger charge is -2.37. The third-order valence-corrected chi connectivity index (χ3v) is 7.00. The number of anilines is 1. The van der Waals surface area contributed by atoms with E-state index in [2.05, 4.69) is 15.6 Å². The molecule has 3 atom stereocenters. The molecule has 9 nitrogen and oxygen atoms in total. The monoisotopic (exact) mass is 592 g/mol. The van der Waals surface area contributed by atoms with Crippen LogP contribution in [0.5, 0.6) is 11.5 Å². The van der Waals surface area contributed by atoms with Crippen molar-refractivity contribution in [3.05, 3.63) is 71.2 Å². The predicted octanol–water partition coefficient (Wildman–Crippen LogP) is 3.83. The molecular weight excluding hydrogens is 560 g/mol. The molecule has 0 fully saturated rings. The molecule has 42 heavy (non-hydrogen) atoms. The van der Waals surface area contributed by atoms with Gasteiger partial charge in [-0.3, -0.25) is 4.79 Å². The van der Waals surface area contributed by atoms with Crippen molar-refractivity contribution in [2.45, 2.75) is 43.7 Å². The fourth-order valence-electron chi connectivity index (χ4n) is 4.57. The predicted molar refractivity (Wildman–Crippen MR) is 147 cm³/mol. The fourth-order valence-corrected chi connectivity index (χ4v) is 4.57. The second-order valence-electron chi connectivity index (χ2n) is 10.4. The SMILES string of the molecule is COc1cc(C(=O)NC[C@](O)(c2cc3c(c(-c4ccc(F)cc4)n2)NCC[C@]3(C)N)C(F)(F)F)ccc1OC[C@@H](C)O. The number of ether oxygens (including phenoxy) is 2. The van der Waals surface area contributed by atoms with E-state index in [-0.39, 0.29) is 34.9 Å². The number of carbonyl (C=O) groups excluding carboxylic acids is 1. The molecule has 1 aliphatic rings. The number of hydrogen-bond donors (Lipinski definition) is 5. The summed E-state index contributed by atoms with van der Waals surface area (Å²) in [6.45, 7) is 2.26. The molecule has 3 aromatic rings. The summed E-state index contributed by atoms with van der Waals surface area (Å²) in [6, 6.07) is 10.0. The van der Waals surface area contributed by atoms with Gasteiger partial charge in [0.15, 0.2) is 11.5 Å². The first-order valence-corrected chi connectivity index (χ1v) is 13.1. The molecule has 0 spiro atoms. The molecule has 4 rings (SSSR count). The maximum Gasteiger partial charge on any atom is 0.424 e. The number of nitrogens with two attached hydrogens (primary N) is 1. The minimum Gasteiger partial charge on any atom is -0.493 e. The van der Waals surface area contributed by atoms with Crippen LogP contribution in [-0.4, -0.2) is 60.2 Å². The Morgan fingerprint density at radius 1 is 1.19 bits per heavy atom. The first kappa shape index (κ1) is 31.0. The van der Waals surface area contributed by atoms with Gasteiger partial charge in [0.05, 0.1) is 36.8 Å². The summed E-state index contributed by atoms with van der Waals surface area (Å²) in [4.78, 5) is 17.1. The summed E-state index contributed by atoms with van der Waals surface area (Å²) in [5.41, 5.74) is 1.93. The number of aliphatic hydroxyl groups is 2. The number of benzene rings is 2. The van der Waals surface area contributed by atoms with E-state index in [1.807, 2.05) is 0 Å². The van der Waals surface area contributed by atoms with Crippen LogP contribution in [-0.2, 0) is 11.1 Å². The number of alkyl halides is 3. The number of rotatable bonds is 9. The Labute approximate surface area is 239 Å². The highest BCUT2D eigenvalue weighted by Gasteiger charge is 2.57. The van der Waals surface area contributed by atoms with Crippen LogP contribution in [0, 0.1) is 5.82 Å². The van der Waals surface area contributed by atoms with Gasteiger partial charge in [-0.2, -0.15) is 13.2 Å². The molecular formula is C29H32F4N4O5. The second kappa shape index (κ2) is 11.7. The van der Waals surface area contributed by atoms with Gasteiger partial charge in [0.2, 0.25) is 5.60 Å². The molecule has 13 heteroatoms. The van der Waals surface area contributed by atoms with Crippen LogP contribution < -0.4 is 25.8 Å². The van der Waals surface area contributed by atoms with Crippen LogP contribution in [0.3, 0.4) is 0 Å². The van der Waals surface area contributed by atoms with Gasteiger partial charge < -0.3 is 36.1 Å². The van der Waals surface area contributed by atoms with Crippen molar-refractivity contribution in [1.82, 2.24) is 10.3 Å². The zero-order valence-corrected chi connectivity index (χ0v) is 23.2. The Morgan fingerprint density at radius 3 is 2.50 bits per heavy atom. The van der Waals surface area contributed by atoms with Crippen LogP contribution in [0.4, 0.5) is 23.2 Å². The minimum atomic E-state index is -5.27. The number of pyridine rings is 1. The van der Waals surface area contributed by atoms with Gasteiger partial charge in [-0.15, -0.1) is 0 Å². The molecule has 0 radical (unpaired) electrons. The average Bonchev–Trinajstić information content (AvgIpc) is 2.93. The molecule has 1 aromatic heterocycles. The number of methoxy groups -OCH3 is 1. The van der Waals surface area contributed by atoms with Gasteiger partial charge in [0, 0.05) is 23.2 Å². The molecule has 0 aliphatic carbocycles. The summed E-state index contributed by atoms with van der Waals surface area (Å²) in [5, 5.41) is 25.9. The number of fused-ring (bicyclic) bond motifs is 1. The number of nitrogens with one attached hydrogen (secondary N) is 2. The van der Waals surface area contributed by atoms with Crippen LogP contribution in [0.25, 0.3) is 11.3 Å². The van der Waals surface area contributed by atoms with E-state index in [0.717, 1.165) is 18.2 Å². The Bertz CT molecular complexity index is 1450. The smallest absolute Gasteiger partial charge is 0.424 e. The topological polar surface area (TPSA) is 139 Å². The van der Waals surface area contributed by atoms with Crippen molar-refractivity contribution in [2.24, 2.45) is 5.73 Å². The maximum absolute atomic E-state index is 14.6. The van der Waals surface area contributed by atoms with E-state index in [0.29, 0.717) is 24.2 Å². The number of halogens is 4. The quantitative estimate of drug-likeness (QED) is 0.237. The van der Waals surface area contributed by atoms with E-state index in [1.165, 1.54) is 44.4 Å². The van der Waals surface area contributed by atoms with Crippen molar-refractivity contribution in [1.29, 1.82) is 0 Å². The summed E-state index contributed by atoms with van der Waals surface area (Å²) >= 11 is 0. The number of amides is 1. The van der Waals surface area contributed by atoms with Crippen molar-refractivity contribution in [2.75, 3.05) is 32.1 Å². The molecule has 2 heterocycles. The van der Waals surface area contributed by atoms with Crippen molar-refractivity contribution < 1.29 is 42.0 Å². The first-order valence-electron chi connectivity index (χ1n) is 13.1. The van der Waals surface area contributed by atoms with E-state index in [9.17, 15) is 32.6 Å². The fraction of sp³-hybridized carbons (Fsp3) is 0.379. The Hall–Kier alpha value is -3.94. The van der Waals surface area contributed by atoms with E-state index >= 15 is 0 Å². The highest BCUT2D eigenvalue weighted by molar-refractivity contribution is 5.95. The van der Waals surface area contributed by atoms with Crippen molar-refractivity contribution in [3.63, 3.8) is 0 Å². The molecule has 0 bridgehead atoms. The summed E-state index contributed by atoms with van der Waals surface area (Å²) in [6.07, 6.45) is -5.66. The molecule has 0 saturated carbocycles. The molecule has 0 unspecified atom stereocenters. The number of aromatic nitrogens is 1. The number of nitrogens with zero attached hydrogens (tertiary/aromatic N) is 1. The normalized spacial score (nSPS) is 18.7. The lowest BCUT2D eigenvalue weighted by molar-refractivity contribution is -0.265. The lowest BCUT2D eigenvalue weighted by Crippen LogP contribution is -2.52. The summed E-state index contributed by atoms with van der Waals surface area (Å²) < 4.78 is 68.0. The Morgan fingerprint density at radius 2 is 1.88 bits per heavy atom. The van der Waals surface area contributed by atoms with Gasteiger partial charge in [-0.1, -0.05) is 0 Å². The molecule has 226 valence electrons.